The number of aliphatic imine (C=N–C) groups is 1. The number of rotatable bonds is 15. The highest BCUT2D eigenvalue weighted by molar-refractivity contribution is 6.21. The zero-order valence-corrected chi connectivity index (χ0v) is 25.2. The maximum absolute atomic E-state index is 13.6. The summed E-state index contributed by atoms with van der Waals surface area (Å²) in [6.45, 7) is 4.18. The van der Waals surface area contributed by atoms with E-state index in [2.05, 4.69) is 15.6 Å². The van der Waals surface area contributed by atoms with E-state index in [1.54, 1.807) is 54.0 Å². The van der Waals surface area contributed by atoms with E-state index in [0.717, 1.165) is 0 Å². The number of nitrogens with two attached hydrogens (primary N) is 2. The molecule has 8 N–H and O–H groups in total. The second kappa shape index (κ2) is 15.6. The van der Waals surface area contributed by atoms with Crippen LogP contribution in [0.3, 0.4) is 0 Å². The Labute approximate surface area is 256 Å². The maximum Gasteiger partial charge on any atom is 0.261 e. The van der Waals surface area contributed by atoms with Gasteiger partial charge in [0.15, 0.2) is 5.96 Å². The summed E-state index contributed by atoms with van der Waals surface area (Å²) in [5, 5.41) is 14.9. The van der Waals surface area contributed by atoms with Gasteiger partial charge in [-0.15, -0.1) is 0 Å². The Morgan fingerprint density at radius 3 is 2.00 bits per heavy atom. The van der Waals surface area contributed by atoms with Gasteiger partial charge in [0.2, 0.25) is 17.7 Å². The van der Waals surface area contributed by atoms with E-state index >= 15 is 0 Å². The fraction of sp³-hybridized carbons (Fsp3) is 0.419. The van der Waals surface area contributed by atoms with Crippen LogP contribution in [-0.4, -0.2) is 65.2 Å². The fourth-order valence-electron chi connectivity index (χ4n) is 5.29. The number of hydroxylamine groups is 1. The summed E-state index contributed by atoms with van der Waals surface area (Å²) >= 11 is 0. The predicted octanol–water partition coefficient (Wildman–Crippen LogP) is 1.09. The van der Waals surface area contributed by atoms with Crippen LogP contribution in [-0.2, 0) is 27.3 Å². The molecule has 1 aliphatic heterocycles. The largest absolute Gasteiger partial charge is 0.370 e. The average Bonchev–Trinajstić information content (AvgIpc) is 3.24. The van der Waals surface area contributed by atoms with Gasteiger partial charge < -0.3 is 22.1 Å². The number of imide groups is 1. The van der Waals surface area contributed by atoms with Crippen molar-refractivity contribution in [3.63, 3.8) is 0 Å². The predicted molar refractivity (Wildman–Crippen MR) is 163 cm³/mol. The number of nitrogens with zero attached hydrogens (tertiary/aromatic N) is 2. The molecule has 1 heterocycles. The second-order valence-corrected chi connectivity index (χ2v) is 11.2. The van der Waals surface area contributed by atoms with Gasteiger partial charge in [-0.3, -0.25) is 39.1 Å². The molecular formula is C31H41N7O6. The molecular weight excluding hydrogens is 566 g/mol. The third-order valence-electron chi connectivity index (χ3n) is 7.52. The number of nitrogens with one attached hydrogen (secondary N) is 3. The normalized spacial score (nSPS) is 14.4. The van der Waals surface area contributed by atoms with Crippen LogP contribution in [0.2, 0.25) is 0 Å². The highest BCUT2D eigenvalue weighted by Gasteiger charge is 2.37. The summed E-state index contributed by atoms with van der Waals surface area (Å²) in [7, 11) is 1.46. The maximum atomic E-state index is 13.6. The number of likely N-dealkylation sites (N-methyl/N-ethyl adjacent to an activating group) is 1. The first-order chi connectivity index (χ1) is 21.0. The Kier molecular flexibility index (Phi) is 12.0. The Balaban J connectivity index is 1.76. The van der Waals surface area contributed by atoms with E-state index in [0.29, 0.717) is 35.1 Å². The van der Waals surface area contributed by atoms with Gasteiger partial charge in [0, 0.05) is 13.6 Å². The Morgan fingerprint density at radius 1 is 0.886 bits per heavy atom. The molecule has 2 aromatic carbocycles. The molecule has 0 saturated carbocycles. The molecule has 1 aliphatic rings. The lowest BCUT2D eigenvalue weighted by molar-refractivity contribution is -0.141. The van der Waals surface area contributed by atoms with Gasteiger partial charge in [-0.25, -0.2) is 5.48 Å². The molecule has 3 rings (SSSR count). The van der Waals surface area contributed by atoms with Crippen molar-refractivity contribution in [1.29, 1.82) is 0 Å². The standard InChI is InChI=1S/C31H41N7O6/c1-18(2)15-23(26(39)36-25(28(41)34-3)9-6-14-35-31(32)33)24(27(40)37-44)16-19-10-12-20(13-11-19)17-38-29(42)21-7-4-5-8-22(21)30(38)43/h4-5,7-8,10-13,18,23-25,44H,6,9,14-17H2,1-3H3,(H,34,41)(H,36,39)(H,37,40)(H4,32,33,35)/t23-,24?,25+/m1/s1. The van der Waals surface area contributed by atoms with Crippen LogP contribution in [0.1, 0.15) is 65.0 Å². The molecule has 13 nitrogen and oxygen atoms in total. The topological polar surface area (TPSA) is 209 Å². The number of hydrogen-bond donors (Lipinski definition) is 6. The molecule has 44 heavy (non-hydrogen) atoms. The number of benzene rings is 2. The van der Waals surface area contributed by atoms with Crippen molar-refractivity contribution in [2.75, 3.05) is 13.6 Å². The lowest BCUT2D eigenvalue weighted by Crippen LogP contribution is -2.50. The molecule has 0 fully saturated rings. The van der Waals surface area contributed by atoms with Crippen LogP contribution in [0.5, 0.6) is 0 Å². The van der Waals surface area contributed by atoms with Gasteiger partial charge in [-0.05, 0) is 54.9 Å². The SMILES string of the molecule is CNC(=O)[C@H](CCCN=C(N)N)NC(=O)[C@H](CC(C)C)C(Cc1ccc(CN2C(=O)c3ccccc3C2=O)cc1)C(=O)NO. The number of amides is 5. The van der Waals surface area contributed by atoms with Gasteiger partial charge in [0.25, 0.3) is 11.8 Å². The summed E-state index contributed by atoms with van der Waals surface area (Å²) in [4.78, 5) is 69.7. The van der Waals surface area contributed by atoms with Gasteiger partial charge in [0.1, 0.15) is 6.04 Å². The Hall–Kier alpha value is -4.78. The lowest BCUT2D eigenvalue weighted by Gasteiger charge is -2.28. The minimum Gasteiger partial charge on any atom is -0.370 e. The quantitative estimate of drug-likeness (QED) is 0.0430. The number of hydrogen-bond acceptors (Lipinski definition) is 7. The van der Waals surface area contributed by atoms with E-state index in [-0.39, 0.29) is 49.6 Å². The van der Waals surface area contributed by atoms with Gasteiger partial charge in [0.05, 0.1) is 29.5 Å². The molecule has 0 aromatic heterocycles. The van der Waals surface area contributed by atoms with Crippen molar-refractivity contribution < 1.29 is 29.2 Å². The fourth-order valence-corrected chi connectivity index (χ4v) is 5.29. The third kappa shape index (κ3) is 8.63. The molecule has 0 radical (unpaired) electrons. The summed E-state index contributed by atoms with van der Waals surface area (Å²) in [5.41, 5.74) is 14.6. The molecule has 0 bridgehead atoms. The lowest BCUT2D eigenvalue weighted by atomic mass is 9.80. The number of guanidine groups is 1. The van der Waals surface area contributed by atoms with Crippen LogP contribution in [0, 0.1) is 17.8 Å². The smallest absolute Gasteiger partial charge is 0.261 e. The van der Waals surface area contributed by atoms with Crippen molar-refractivity contribution in [2.24, 2.45) is 34.2 Å². The van der Waals surface area contributed by atoms with E-state index in [1.165, 1.54) is 11.9 Å². The van der Waals surface area contributed by atoms with Crippen molar-refractivity contribution in [2.45, 2.75) is 52.1 Å². The number of carbonyl (C=O) groups excluding carboxylic acids is 5. The zero-order valence-electron chi connectivity index (χ0n) is 25.2. The van der Waals surface area contributed by atoms with Crippen molar-refractivity contribution in [3.05, 3.63) is 70.8 Å². The summed E-state index contributed by atoms with van der Waals surface area (Å²) in [6.07, 6.45) is 1.12. The van der Waals surface area contributed by atoms with Crippen molar-refractivity contribution in [3.8, 4) is 0 Å². The van der Waals surface area contributed by atoms with E-state index < -0.39 is 35.6 Å². The molecule has 0 saturated heterocycles. The van der Waals surface area contributed by atoms with Gasteiger partial charge in [-0.2, -0.15) is 0 Å². The van der Waals surface area contributed by atoms with Crippen LogP contribution in [0.4, 0.5) is 0 Å². The Morgan fingerprint density at radius 2 is 1.48 bits per heavy atom. The number of fused-ring (bicyclic) bond motifs is 1. The minimum atomic E-state index is -0.962. The third-order valence-corrected chi connectivity index (χ3v) is 7.52. The van der Waals surface area contributed by atoms with Gasteiger partial charge >= 0.3 is 0 Å². The summed E-state index contributed by atoms with van der Waals surface area (Å²) in [5.74, 6) is -4.23. The van der Waals surface area contributed by atoms with Crippen molar-refractivity contribution >= 4 is 35.5 Å². The van der Waals surface area contributed by atoms with Crippen LogP contribution >= 0.6 is 0 Å². The monoisotopic (exact) mass is 607 g/mol. The highest BCUT2D eigenvalue weighted by atomic mass is 16.5. The zero-order chi connectivity index (χ0) is 32.4. The summed E-state index contributed by atoms with van der Waals surface area (Å²) < 4.78 is 0. The van der Waals surface area contributed by atoms with Crippen LogP contribution in [0.25, 0.3) is 0 Å². The summed E-state index contributed by atoms with van der Waals surface area (Å²) in [6, 6.07) is 12.8. The van der Waals surface area contributed by atoms with Crippen LogP contribution in [0.15, 0.2) is 53.5 Å². The molecule has 1 unspecified atom stereocenters. The average molecular weight is 608 g/mol. The molecule has 236 valence electrons. The molecule has 13 heteroatoms. The van der Waals surface area contributed by atoms with Gasteiger partial charge in [-0.1, -0.05) is 50.2 Å². The molecule has 0 aliphatic carbocycles. The van der Waals surface area contributed by atoms with Crippen LogP contribution < -0.4 is 27.6 Å². The first-order valence-electron chi connectivity index (χ1n) is 14.5. The van der Waals surface area contributed by atoms with E-state index in [1.807, 2.05) is 13.8 Å². The second-order valence-electron chi connectivity index (χ2n) is 11.2. The van der Waals surface area contributed by atoms with E-state index in [9.17, 15) is 29.2 Å². The minimum absolute atomic E-state index is 0.0158. The highest BCUT2D eigenvalue weighted by Crippen LogP contribution is 2.27. The Bertz CT molecular complexity index is 1350. The first kappa shape index (κ1) is 33.7. The molecule has 0 spiro atoms. The first-order valence-corrected chi connectivity index (χ1v) is 14.5. The van der Waals surface area contributed by atoms with Crippen molar-refractivity contribution in [1.82, 2.24) is 21.0 Å². The molecule has 2 aromatic rings. The number of carbonyl (C=O) groups is 5. The molecule has 3 atom stereocenters. The molecule has 5 amide bonds. The van der Waals surface area contributed by atoms with E-state index in [4.69, 9.17) is 11.5 Å².